The first-order chi connectivity index (χ1) is 9.67. The van der Waals surface area contributed by atoms with Gasteiger partial charge in [0.25, 0.3) is 5.91 Å². The van der Waals surface area contributed by atoms with Gasteiger partial charge in [-0.1, -0.05) is 35.9 Å². The maximum absolute atomic E-state index is 12.3. The Kier molecular flexibility index (Phi) is 4.89. The van der Waals surface area contributed by atoms with Crippen LogP contribution in [0, 0.1) is 0 Å². The lowest BCUT2D eigenvalue weighted by molar-refractivity contribution is 0.0841. The molecule has 5 nitrogen and oxygen atoms in total. The summed E-state index contributed by atoms with van der Waals surface area (Å²) in [4.78, 5) is 16.3. The third kappa shape index (κ3) is 3.07. The summed E-state index contributed by atoms with van der Waals surface area (Å²) >= 11 is 6.01. The van der Waals surface area contributed by atoms with Crippen molar-refractivity contribution in [2.75, 3.05) is 20.3 Å². The number of hydrogen-bond acceptors (Lipinski definition) is 4. The number of benzene rings is 1. The highest BCUT2D eigenvalue weighted by Crippen LogP contribution is 2.24. The first kappa shape index (κ1) is 14.7. The minimum absolute atomic E-state index is 0.196. The largest absolute Gasteiger partial charge is 0.394 e. The molecule has 6 heteroatoms. The molecule has 0 radical (unpaired) electrons. The second kappa shape index (κ2) is 6.65. The van der Waals surface area contributed by atoms with Crippen molar-refractivity contribution in [3.63, 3.8) is 0 Å². The van der Waals surface area contributed by atoms with Gasteiger partial charge in [0.2, 0.25) is 0 Å². The quantitative estimate of drug-likeness (QED) is 0.822. The van der Waals surface area contributed by atoms with Crippen molar-refractivity contribution in [3.05, 3.63) is 41.2 Å². The van der Waals surface area contributed by atoms with Crippen LogP contribution in [0.2, 0.25) is 5.15 Å². The van der Waals surface area contributed by atoms with Crippen LogP contribution in [0.5, 0.6) is 0 Å². The van der Waals surface area contributed by atoms with E-state index >= 15 is 0 Å². The molecule has 2 aromatic rings. The van der Waals surface area contributed by atoms with Crippen LogP contribution in [0.3, 0.4) is 0 Å². The lowest BCUT2D eigenvalue weighted by Gasteiger charge is -2.16. The molecule has 1 aromatic carbocycles. The zero-order valence-corrected chi connectivity index (χ0v) is 11.7. The fourth-order valence-electron chi connectivity index (χ4n) is 1.94. The van der Waals surface area contributed by atoms with Crippen LogP contribution in [0.4, 0.5) is 0 Å². The van der Waals surface area contributed by atoms with Crippen LogP contribution < -0.4 is 5.32 Å². The number of carbonyl (C=O) groups excluding carboxylic acids is 1. The molecule has 0 bridgehead atoms. The highest BCUT2D eigenvalue weighted by molar-refractivity contribution is 6.34. The molecule has 1 heterocycles. The molecule has 1 aromatic heterocycles. The summed E-state index contributed by atoms with van der Waals surface area (Å²) in [5, 5.41) is 13.7. The maximum atomic E-state index is 12.3. The van der Waals surface area contributed by atoms with Gasteiger partial charge in [0.15, 0.2) is 0 Å². The summed E-state index contributed by atoms with van der Waals surface area (Å²) in [5.41, 5.74) is 0.416. The first-order valence-electron chi connectivity index (χ1n) is 6.11. The fourth-order valence-corrected chi connectivity index (χ4v) is 2.16. The second-order valence-corrected chi connectivity index (χ2v) is 4.67. The van der Waals surface area contributed by atoms with Gasteiger partial charge < -0.3 is 15.2 Å². The number of amides is 1. The van der Waals surface area contributed by atoms with Gasteiger partial charge in [-0.25, -0.2) is 4.98 Å². The van der Waals surface area contributed by atoms with E-state index in [1.54, 1.807) is 6.07 Å². The van der Waals surface area contributed by atoms with E-state index in [9.17, 15) is 9.90 Å². The molecule has 0 saturated carbocycles. The van der Waals surface area contributed by atoms with Gasteiger partial charge in [-0.05, 0) is 5.39 Å². The molecule has 0 spiro atoms. The van der Waals surface area contributed by atoms with E-state index in [2.05, 4.69) is 10.3 Å². The van der Waals surface area contributed by atoms with Crippen molar-refractivity contribution in [3.8, 4) is 0 Å². The molecule has 2 rings (SSSR count). The fraction of sp³-hybridized carbons (Fsp3) is 0.286. The predicted octanol–water partition coefficient (Wildman–Crippen LogP) is 1.63. The van der Waals surface area contributed by atoms with Gasteiger partial charge in [-0.3, -0.25) is 4.79 Å². The van der Waals surface area contributed by atoms with E-state index in [-0.39, 0.29) is 19.1 Å². The lowest BCUT2D eigenvalue weighted by Crippen LogP contribution is -2.40. The number of ether oxygens (including phenoxy) is 1. The Bertz CT molecular complexity index is 618. The van der Waals surface area contributed by atoms with Crippen LogP contribution in [0.15, 0.2) is 30.5 Å². The van der Waals surface area contributed by atoms with E-state index in [1.165, 1.54) is 13.3 Å². The predicted molar refractivity (Wildman–Crippen MR) is 77.0 cm³/mol. The van der Waals surface area contributed by atoms with Crippen LogP contribution in [0.25, 0.3) is 10.8 Å². The van der Waals surface area contributed by atoms with Crippen molar-refractivity contribution >= 4 is 28.3 Å². The number of carbonyl (C=O) groups is 1. The molecule has 0 saturated heterocycles. The Balaban J connectivity index is 2.33. The summed E-state index contributed by atoms with van der Waals surface area (Å²) < 4.78 is 4.93. The third-order valence-electron chi connectivity index (χ3n) is 2.91. The van der Waals surface area contributed by atoms with Crippen LogP contribution in [0.1, 0.15) is 10.4 Å². The van der Waals surface area contributed by atoms with Gasteiger partial charge in [-0.2, -0.15) is 0 Å². The summed E-state index contributed by atoms with van der Waals surface area (Å²) in [6.07, 6.45) is 1.43. The molecule has 0 aliphatic carbocycles. The Morgan fingerprint density at radius 3 is 2.80 bits per heavy atom. The molecule has 0 aliphatic heterocycles. The number of rotatable bonds is 5. The zero-order valence-electron chi connectivity index (χ0n) is 11.0. The van der Waals surface area contributed by atoms with Crippen molar-refractivity contribution in [2.45, 2.75) is 6.04 Å². The molecule has 0 fully saturated rings. The van der Waals surface area contributed by atoms with E-state index in [0.717, 1.165) is 5.39 Å². The Morgan fingerprint density at radius 1 is 1.45 bits per heavy atom. The highest BCUT2D eigenvalue weighted by Gasteiger charge is 2.16. The SMILES string of the molecule is COCC(CO)NC(=O)c1cnc(Cl)c2ccccc12. The number of nitrogens with one attached hydrogen (secondary N) is 1. The number of methoxy groups -OCH3 is 1. The molecule has 106 valence electrons. The average molecular weight is 295 g/mol. The molecule has 1 atom stereocenters. The van der Waals surface area contributed by atoms with Gasteiger partial charge in [0, 0.05) is 18.7 Å². The van der Waals surface area contributed by atoms with E-state index in [1.807, 2.05) is 18.2 Å². The summed E-state index contributed by atoms with van der Waals surface area (Å²) in [5.74, 6) is -0.318. The Morgan fingerprint density at radius 2 is 2.15 bits per heavy atom. The molecule has 1 amide bonds. The normalized spacial score (nSPS) is 12.3. The maximum Gasteiger partial charge on any atom is 0.253 e. The smallest absolute Gasteiger partial charge is 0.253 e. The monoisotopic (exact) mass is 294 g/mol. The summed E-state index contributed by atoms with van der Waals surface area (Å²) in [6.45, 7) is 0.0414. The minimum atomic E-state index is -0.457. The summed E-state index contributed by atoms with van der Waals surface area (Å²) in [6, 6.07) is 6.82. The average Bonchev–Trinajstić information content (AvgIpc) is 2.47. The van der Waals surface area contributed by atoms with Gasteiger partial charge in [-0.15, -0.1) is 0 Å². The van der Waals surface area contributed by atoms with Crippen LogP contribution >= 0.6 is 11.6 Å². The number of hydrogen-bond donors (Lipinski definition) is 2. The lowest BCUT2D eigenvalue weighted by atomic mass is 10.1. The number of aliphatic hydroxyl groups excluding tert-OH is 1. The van der Waals surface area contributed by atoms with Crippen molar-refractivity contribution < 1.29 is 14.6 Å². The first-order valence-corrected chi connectivity index (χ1v) is 6.49. The standard InChI is InChI=1S/C14H15ClN2O3/c1-20-8-9(7-18)17-14(19)12-6-16-13(15)11-5-3-2-4-10(11)12/h2-6,9,18H,7-8H2,1H3,(H,17,19). The molecular weight excluding hydrogens is 280 g/mol. The number of halogens is 1. The van der Waals surface area contributed by atoms with E-state index in [4.69, 9.17) is 16.3 Å². The Labute approximate surface area is 121 Å². The zero-order chi connectivity index (χ0) is 14.5. The molecule has 20 heavy (non-hydrogen) atoms. The highest BCUT2D eigenvalue weighted by atomic mass is 35.5. The van der Waals surface area contributed by atoms with Gasteiger partial charge in [0.1, 0.15) is 5.15 Å². The number of aromatic nitrogens is 1. The van der Waals surface area contributed by atoms with E-state index < -0.39 is 6.04 Å². The van der Waals surface area contributed by atoms with Gasteiger partial charge >= 0.3 is 0 Å². The number of nitrogens with zero attached hydrogens (tertiary/aromatic N) is 1. The molecular formula is C14H15ClN2O3. The number of aliphatic hydroxyl groups is 1. The molecule has 1 unspecified atom stereocenters. The Hall–Kier alpha value is -1.69. The van der Waals surface area contributed by atoms with Gasteiger partial charge in [0.05, 0.1) is 24.8 Å². The summed E-state index contributed by atoms with van der Waals surface area (Å²) in [7, 11) is 1.51. The van der Waals surface area contributed by atoms with Crippen molar-refractivity contribution in [2.24, 2.45) is 0 Å². The van der Waals surface area contributed by atoms with Crippen LogP contribution in [-0.4, -0.2) is 42.4 Å². The van der Waals surface area contributed by atoms with E-state index in [0.29, 0.717) is 16.1 Å². The number of pyridine rings is 1. The second-order valence-electron chi connectivity index (χ2n) is 4.32. The molecule has 2 N–H and O–H groups in total. The minimum Gasteiger partial charge on any atom is -0.394 e. The number of fused-ring (bicyclic) bond motifs is 1. The third-order valence-corrected chi connectivity index (χ3v) is 3.22. The molecule has 0 aliphatic rings. The topological polar surface area (TPSA) is 71.5 Å². The van der Waals surface area contributed by atoms with Crippen molar-refractivity contribution in [1.82, 2.24) is 10.3 Å². The van der Waals surface area contributed by atoms with Crippen LogP contribution in [-0.2, 0) is 4.74 Å². The van der Waals surface area contributed by atoms with Crippen molar-refractivity contribution in [1.29, 1.82) is 0 Å².